The van der Waals surface area contributed by atoms with E-state index in [0.29, 0.717) is 5.96 Å². The first-order valence-corrected chi connectivity index (χ1v) is 6.09. The number of guanidine groups is 1. The second-order valence-corrected chi connectivity index (χ2v) is 4.52. The third-order valence-corrected chi connectivity index (χ3v) is 3.05. The van der Waals surface area contributed by atoms with Crippen LogP contribution in [-0.4, -0.2) is 23.8 Å². The van der Waals surface area contributed by atoms with Gasteiger partial charge in [-0.05, 0) is 38.6 Å². The fourth-order valence-electron chi connectivity index (χ4n) is 1.72. The van der Waals surface area contributed by atoms with Crippen molar-refractivity contribution in [3.63, 3.8) is 0 Å². The van der Waals surface area contributed by atoms with Crippen LogP contribution < -0.4 is 10.8 Å². The maximum atomic E-state index is 11.1. The summed E-state index contributed by atoms with van der Waals surface area (Å²) in [6.45, 7) is 4.98. The van der Waals surface area contributed by atoms with E-state index in [1.807, 2.05) is 12.1 Å². The van der Waals surface area contributed by atoms with Gasteiger partial charge >= 0.3 is 0 Å². The summed E-state index contributed by atoms with van der Waals surface area (Å²) in [5.41, 5.74) is 1.44. The highest BCUT2D eigenvalue weighted by Gasteiger charge is 2.47. The minimum Gasteiger partial charge on any atom is -0.467 e. The number of hydroxylamine groups is 1. The average molecular weight is 276 g/mol. The molecule has 0 spiro atoms. The molecule has 3 N–H and O–H groups in total. The van der Waals surface area contributed by atoms with Crippen LogP contribution in [0.5, 0.6) is 0 Å². The topological polar surface area (TPSA) is 99.2 Å². The van der Waals surface area contributed by atoms with Gasteiger partial charge in [0.2, 0.25) is 5.96 Å². The number of nitrogens with zero attached hydrogens (tertiary/aromatic N) is 2. The fraction of sp³-hybridized carbons (Fsp3) is 0.308. The van der Waals surface area contributed by atoms with Crippen LogP contribution in [0.4, 0.5) is 0 Å². The second kappa shape index (κ2) is 5.70. The van der Waals surface area contributed by atoms with Gasteiger partial charge in [-0.15, -0.1) is 0 Å². The second-order valence-electron chi connectivity index (χ2n) is 4.52. The summed E-state index contributed by atoms with van der Waals surface area (Å²) in [6, 6.07) is 3.69. The molecule has 0 radical (unpaired) electrons. The Kier molecular flexibility index (Phi) is 3.99. The predicted molar refractivity (Wildman–Crippen MR) is 73.4 cm³/mol. The number of aliphatic imine (C=N–C) groups is 2. The molecule has 2 rings (SSSR count). The van der Waals surface area contributed by atoms with Crippen molar-refractivity contribution < 1.29 is 14.4 Å². The number of carbonyl (C=O) groups excluding carboxylic acids is 1. The van der Waals surface area contributed by atoms with E-state index in [1.165, 1.54) is 6.20 Å². The smallest absolute Gasteiger partial charge is 0.271 e. The zero-order valence-electron chi connectivity index (χ0n) is 11.1. The molecule has 1 aliphatic carbocycles. The largest absolute Gasteiger partial charge is 0.467 e. The molecule has 1 heterocycles. The predicted octanol–water partition coefficient (Wildman–Crippen LogP) is 1.32. The van der Waals surface area contributed by atoms with Crippen molar-refractivity contribution in [2.75, 3.05) is 0 Å². The standard InChI is InChI=1S/C13H16N4O3/c1-9(11(18)17-19)8-15-12(14-2)16-13(5-6-13)10-4-3-7-20-10/h3-4,7-8,19H,2,5-6H2,1H3,(H,15,16)(H,17,18)/b9-8+. The number of hydrogen-bond donors (Lipinski definition) is 3. The number of amides is 1. The Morgan fingerprint density at radius 3 is 2.85 bits per heavy atom. The molecule has 20 heavy (non-hydrogen) atoms. The monoisotopic (exact) mass is 276 g/mol. The lowest BCUT2D eigenvalue weighted by Gasteiger charge is -2.08. The van der Waals surface area contributed by atoms with Gasteiger partial charge in [0.05, 0.1) is 6.26 Å². The van der Waals surface area contributed by atoms with Crippen LogP contribution in [0.1, 0.15) is 25.5 Å². The Morgan fingerprint density at radius 2 is 2.35 bits per heavy atom. The van der Waals surface area contributed by atoms with Gasteiger partial charge in [-0.1, -0.05) is 0 Å². The normalized spacial score (nSPS) is 17.5. The summed E-state index contributed by atoms with van der Waals surface area (Å²) >= 11 is 0. The van der Waals surface area contributed by atoms with Crippen molar-refractivity contribution in [1.29, 1.82) is 0 Å². The highest BCUT2D eigenvalue weighted by Crippen LogP contribution is 2.49. The Balaban J connectivity index is 2.11. The van der Waals surface area contributed by atoms with Crippen LogP contribution in [0.3, 0.4) is 0 Å². The van der Waals surface area contributed by atoms with Crippen LogP contribution in [0.25, 0.3) is 0 Å². The van der Waals surface area contributed by atoms with E-state index in [0.717, 1.165) is 18.6 Å². The van der Waals surface area contributed by atoms with Crippen molar-refractivity contribution in [1.82, 2.24) is 10.8 Å². The molecular formula is C13H16N4O3. The molecule has 1 saturated carbocycles. The van der Waals surface area contributed by atoms with E-state index in [4.69, 9.17) is 9.62 Å². The SMILES string of the molecule is C=NC(=NC1(c2ccco2)CC1)N/C=C(\C)C(=O)NO. The maximum absolute atomic E-state index is 11.1. The molecule has 1 amide bonds. The van der Waals surface area contributed by atoms with Gasteiger partial charge in [-0.2, -0.15) is 0 Å². The van der Waals surface area contributed by atoms with E-state index < -0.39 is 5.91 Å². The molecule has 1 aromatic rings. The zero-order valence-corrected chi connectivity index (χ0v) is 11.1. The Labute approximate surface area is 116 Å². The van der Waals surface area contributed by atoms with Crippen molar-refractivity contribution in [3.8, 4) is 0 Å². The first-order chi connectivity index (χ1) is 9.61. The number of nitrogens with one attached hydrogen (secondary N) is 2. The van der Waals surface area contributed by atoms with Gasteiger partial charge in [0.1, 0.15) is 11.3 Å². The Bertz CT molecular complexity index is 556. The number of carbonyl (C=O) groups is 1. The average Bonchev–Trinajstić information content (AvgIpc) is 3.03. The van der Waals surface area contributed by atoms with Crippen LogP contribution in [0.2, 0.25) is 0 Å². The summed E-state index contributed by atoms with van der Waals surface area (Å²) in [6.07, 6.45) is 4.76. The first kappa shape index (κ1) is 14.0. The van der Waals surface area contributed by atoms with Crippen LogP contribution in [0, 0.1) is 0 Å². The highest BCUT2D eigenvalue weighted by molar-refractivity contribution is 5.93. The van der Waals surface area contributed by atoms with Gasteiger partial charge in [-0.25, -0.2) is 15.5 Å². The van der Waals surface area contributed by atoms with Crippen molar-refractivity contribution >= 4 is 18.6 Å². The summed E-state index contributed by atoms with van der Waals surface area (Å²) < 4.78 is 5.38. The molecule has 0 saturated heterocycles. The molecule has 0 bridgehead atoms. The van der Waals surface area contributed by atoms with Gasteiger partial charge in [0, 0.05) is 11.8 Å². The minimum atomic E-state index is -0.604. The van der Waals surface area contributed by atoms with Gasteiger partial charge in [-0.3, -0.25) is 10.0 Å². The van der Waals surface area contributed by atoms with Crippen molar-refractivity contribution in [2.24, 2.45) is 9.98 Å². The van der Waals surface area contributed by atoms with Crippen molar-refractivity contribution in [3.05, 3.63) is 35.9 Å². The van der Waals surface area contributed by atoms with E-state index in [-0.39, 0.29) is 11.1 Å². The Hall–Kier alpha value is -2.41. The molecule has 0 aromatic carbocycles. The summed E-state index contributed by atoms with van der Waals surface area (Å²) in [5, 5.41) is 11.3. The molecule has 7 nitrogen and oxygen atoms in total. The highest BCUT2D eigenvalue weighted by atomic mass is 16.5. The van der Waals surface area contributed by atoms with E-state index in [2.05, 4.69) is 22.0 Å². The third kappa shape index (κ3) is 2.94. The first-order valence-electron chi connectivity index (χ1n) is 6.09. The van der Waals surface area contributed by atoms with E-state index in [1.54, 1.807) is 18.7 Å². The number of rotatable bonds is 4. The zero-order chi connectivity index (χ0) is 14.6. The summed E-state index contributed by atoms with van der Waals surface area (Å²) in [7, 11) is 0. The Morgan fingerprint density at radius 1 is 1.60 bits per heavy atom. The van der Waals surface area contributed by atoms with E-state index in [9.17, 15) is 4.79 Å². The van der Waals surface area contributed by atoms with Gasteiger partial charge in [0.15, 0.2) is 0 Å². The van der Waals surface area contributed by atoms with Crippen LogP contribution >= 0.6 is 0 Å². The molecule has 106 valence electrons. The molecule has 0 atom stereocenters. The lowest BCUT2D eigenvalue weighted by molar-refractivity contribution is -0.125. The van der Waals surface area contributed by atoms with E-state index >= 15 is 0 Å². The third-order valence-electron chi connectivity index (χ3n) is 3.05. The molecule has 0 unspecified atom stereocenters. The minimum absolute atomic E-state index is 0.284. The molecule has 1 aromatic heterocycles. The van der Waals surface area contributed by atoms with Crippen LogP contribution in [-0.2, 0) is 10.3 Å². The fourth-order valence-corrected chi connectivity index (χ4v) is 1.72. The molecule has 7 heteroatoms. The molecule has 0 aliphatic heterocycles. The van der Waals surface area contributed by atoms with Crippen molar-refractivity contribution in [2.45, 2.75) is 25.3 Å². The van der Waals surface area contributed by atoms with Gasteiger partial charge in [0.25, 0.3) is 5.91 Å². The van der Waals surface area contributed by atoms with Crippen LogP contribution in [0.15, 0.2) is 44.6 Å². The van der Waals surface area contributed by atoms with Gasteiger partial charge < -0.3 is 9.73 Å². The quantitative estimate of drug-likeness (QED) is 0.254. The summed E-state index contributed by atoms with van der Waals surface area (Å²) in [5.74, 6) is 0.478. The summed E-state index contributed by atoms with van der Waals surface area (Å²) in [4.78, 5) is 19.4. The molecule has 1 aliphatic rings. The number of furan rings is 1. The number of hydrogen-bond acceptors (Lipinski definition) is 4. The lowest BCUT2D eigenvalue weighted by Crippen LogP contribution is -2.23. The lowest BCUT2D eigenvalue weighted by atomic mass is 10.2. The molecular weight excluding hydrogens is 260 g/mol. The maximum Gasteiger partial charge on any atom is 0.271 e. The molecule has 1 fully saturated rings.